The molecular formula is C18H14Cl2F4. The van der Waals surface area contributed by atoms with Crippen molar-refractivity contribution in [3.8, 4) is 0 Å². The molecule has 0 bridgehead atoms. The van der Waals surface area contributed by atoms with Crippen molar-refractivity contribution in [2.45, 2.75) is 25.9 Å². The molecule has 24 heavy (non-hydrogen) atoms. The van der Waals surface area contributed by atoms with Gasteiger partial charge in [-0.25, -0.2) is 4.39 Å². The van der Waals surface area contributed by atoms with Crippen LogP contribution in [0.5, 0.6) is 0 Å². The maximum absolute atomic E-state index is 13.4. The van der Waals surface area contributed by atoms with Gasteiger partial charge in [0.05, 0.1) is 16.0 Å². The van der Waals surface area contributed by atoms with E-state index >= 15 is 0 Å². The first kappa shape index (κ1) is 18.8. The van der Waals surface area contributed by atoms with E-state index < -0.39 is 28.0 Å². The zero-order valence-corrected chi connectivity index (χ0v) is 14.4. The summed E-state index contributed by atoms with van der Waals surface area (Å²) in [6, 6.07) is 7.27. The maximum Gasteiger partial charge on any atom is 0.399 e. The first-order valence-electron chi connectivity index (χ1n) is 7.06. The van der Waals surface area contributed by atoms with Crippen molar-refractivity contribution in [3.63, 3.8) is 0 Å². The number of hydrogen-bond acceptors (Lipinski definition) is 0. The molecule has 1 atom stereocenters. The molecule has 0 amide bonds. The van der Waals surface area contributed by atoms with Crippen LogP contribution in [-0.4, -0.2) is 6.18 Å². The van der Waals surface area contributed by atoms with E-state index in [1.54, 1.807) is 12.1 Å². The van der Waals surface area contributed by atoms with Crippen molar-refractivity contribution in [2.24, 2.45) is 0 Å². The lowest BCUT2D eigenvalue weighted by molar-refractivity contribution is -0.139. The molecule has 0 aliphatic rings. The van der Waals surface area contributed by atoms with Crippen molar-refractivity contribution in [2.75, 3.05) is 0 Å². The Morgan fingerprint density at radius 2 is 1.54 bits per heavy atom. The largest absolute Gasteiger partial charge is 0.399 e. The van der Waals surface area contributed by atoms with Gasteiger partial charge in [-0.3, -0.25) is 0 Å². The normalized spacial score (nSPS) is 13.5. The SMILES string of the molecule is Cc1ccc(/C=C/C(c2cc(Cl)c(F)c(Cl)c2)C(F)(F)F)cc1C. The van der Waals surface area contributed by atoms with Gasteiger partial charge in [0.2, 0.25) is 0 Å². The van der Waals surface area contributed by atoms with E-state index in [1.165, 1.54) is 6.08 Å². The molecule has 0 radical (unpaired) electrons. The van der Waals surface area contributed by atoms with E-state index in [0.29, 0.717) is 5.56 Å². The Morgan fingerprint density at radius 1 is 0.958 bits per heavy atom. The summed E-state index contributed by atoms with van der Waals surface area (Å²) in [6.45, 7) is 3.80. The summed E-state index contributed by atoms with van der Waals surface area (Å²) >= 11 is 11.2. The van der Waals surface area contributed by atoms with Gasteiger partial charge in [0.1, 0.15) is 0 Å². The van der Waals surface area contributed by atoms with Gasteiger partial charge in [-0.2, -0.15) is 13.2 Å². The Labute approximate surface area is 147 Å². The summed E-state index contributed by atoms with van der Waals surface area (Å²) in [5.74, 6) is -2.86. The average Bonchev–Trinajstić information content (AvgIpc) is 2.47. The fourth-order valence-electron chi connectivity index (χ4n) is 2.24. The molecule has 0 N–H and O–H groups in total. The van der Waals surface area contributed by atoms with Crippen LogP contribution in [0.3, 0.4) is 0 Å². The Bertz CT molecular complexity index is 756. The number of halogens is 6. The van der Waals surface area contributed by atoms with Crippen molar-refractivity contribution >= 4 is 29.3 Å². The van der Waals surface area contributed by atoms with Crippen LogP contribution in [0.25, 0.3) is 6.08 Å². The van der Waals surface area contributed by atoms with Gasteiger partial charge in [0, 0.05) is 0 Å². The second kappa shape index (κ2) is 7.16. The van der Waals surface area contributed by atoms with Crippen LogP contribution in [-0.2, 0) is 0 Å². The fourth-order valence-corrected chi connectivity index (χ4v) is 2.74. The van der Waals surface area contributed by atoms with Crippen LogP contribution in [0.1, 0.15) is 28.2 Å². The van der Waals surface area contributed by atoms with Crippen molar-refractivity contribution in [1.29, 1.82) is 0 Å². The molecule has 0 saturated heterocycles. The zero-order chi connectivity index (χ0) is 18.1. The van der Waals surface area contributed by atoms with Gasteiger partial charge in [-0.1, -0.05) is 53.6 Å². The highest BCUT2D eigenvalue weighted by atomic mass is 35.5. The Balaban J connectivity index is 2.43. The predicted molar refractivity (Wildman–Crippen MR) is 90.2 cm³/mol. The summed E-state index contributed by atoms with van der Waals surface area (Å²) in [4.78, 5) is 0. The van der Waals surface area contributed by atoms with Gasteiger partial charge < -0.3 is 0 Å². The molecule has 2 aromatic rings. The van der Waals surface area contributed by atoms with E-state index in [4.69, 9.17) is 23.2 Å². The van der Waals surface area contributed by atoms with E-state index in [2.05, 4.69) is 0 Å². The second-order valence-corrected chi connectivity index (χ2v) is 6.34. The smallest absolute Gasteiger partial charge is 0.204 e. The second-order valence-electron chi connectivity index (χ2n) is 5.52. The predicted octanol–water partition coefficient (Wildman–Crippen LogP) is 7.11. The number of allylic oxidation sites excluding steroid dienone is 1. The zero-order valence-electron chi connectivity index (χ0n) is 12.9. The summed E-state index contributed by atoms with van der Waals surface area (Å²) in [7, 11) is 0. The van der Waals surface area contributed by atoms with Crippen LogP contribution in [0.4, 0.5) is 17.6 Å². The highest BCUT2D eigenvalue weighted by Crippen LogP contribution is 2.39. The summed E-state index contributed by atoms with van der Waals surface area (Å²) < 4.78 is 53.6. The molecule has 0 heterocycles. The first-order chi connectivity index (χ1) is 11.1. The third-order valence-corrected chi connectivity index (χ3v) is 4.28. The number of alkyl halides is 3. The molecular weight excluding hydrogens is 363 g/mol. The van der Waals surface area contributed by atoms with E-state index in [9.17, 15) is 17.6 Å². The minimum atomic E-state index is -4.55. The molecule has 0 aliphatic carbocycles. The fraction of sp³-hybridized carbons (Fsp3) is 0.222. The molecule has 1 unspecified atom stereocenters. The van der Waals surface area contributed by atoms with Crippen LogP contribution in [0, 0.1) is 19.7 Å². The van der Waals surface area contributed by atoms with Crippen LogP contribution < -0.4 is 0 Å². The molecule has 0 spiro atoms. The first-order valence-corrected chi connectivity index (χ1v) is 7.82. The Kier molecular flexibility index (Phi) is 5.61. The van der Waals surface area contributed by atoms with Gasteiger partial charge in [0.15, 0.2) is 5.82 Å². The highest BCUT2D eigenvalue weighted by Gasteiger charge is 2.39. The minimum absolute atomic E-state index is 0.209. The summed E-state index contributed by atoms with van der Waals surface area (Å²) in [5, 5.41) is -0.877. The number of rotatable bonds is 3. The molecule has 6 heteroatoms. The molecule has 0 fully saturated rings. The van der Waals surface area contributed by atoms with Crippen LogP contribution in [0.15, 0.2) is 36.4 Å². The third kappa shape index (κ3) is 4.31. The van der Waals surface area contributed by atoms with Gasteiger partial charge in [0.25, 0.3) is 0 Å². The van der Waals surface area contributed by atoms with Crippen molar-refractivity contribution in [1.82, 2.24) is 0 Å². The number of hydrogen-bond donors (Lipinski definition) is 0. The Morgan fingerprint density at radius 3 is 2.04 bits per heavy atom. The molecule has 0 nitrogen and oxygen atoms in total. The third-order valence-electron chi connectivity index (χ3n) is 3.73. The molecule has 2 aromatic carbocycles. The molecule has 128 valence electrons. The van der Waals surface area contributed by atoms with Crippen LogP contribution in [0.2, 0.25) is 10.0 Å². The lowest BCUT2D eigenvalue weighted by atomic mass is 9.96. The summed E-state index contributed by atoms with van der Waals surface area (Å²) in [6.07, 6.45) is -2.15. The monoisotopic (exact) mass is 376 g/mol. The van der Waals surface area contributed by atoms with Crippen molar-refractivity contribution in [3.05, 3.63) is 74.5 Å². The van der Waals surface area contributed by atoms with E-state index in [0.717, 1.165) is 29.3 Å². The average molecular weight is 377 g/mol. The van der Waals surface area contributed by atoms with E-state index in [-0.39, 0.29) is 5.56 Å². The van der Waals surface area contributed by atoms with Gasteiger partial charge in [-0.05, 0) is 48.2 Å². The molecule has 0 saturated carbocycles. The highest BCUT2D eigenvalue weighted by molar-refractivity contribution is 6.35. The van der Waals surface area contributed by atoms with Gasteiger partial charge >= 0.3 is 6.18 Å². The molecule has 0 aromatic heterocycles. The van der Waals surface area contributed by atoms with Crippen LogP contribution >= 0.6 is 23.2 Å². The maximum atomic E-state index is 13.4. The molecule has 0 aliphatic heterocycles. The van der Waals surface area contributed by atoms with Crippen molar-refractivity contribution < 1.29 is 17.6 Å². The molecule has 2 rings (SSSR count). The van der Waals surface area contributed by atoms with E-state index in [1.807, 2.05) is 19.9 Å². The number of benzene rings is 2. The topological polar surface area (TPSA) is 0 Å². The summed E-state index contributed by atoms with van der Waals surface area (Å²) in [5.41, 5.74) is 2.47. The Hall–Kier alpha value is -1.52. The number of aryl methyl sites for hydroxylation is 2. The quantitative estimate of drug-likeness (QED) is 0.395. The lowest BCUT2D eigenvalue weighted by Gasteiger charge is -2.18. The minimum Gasteiger partial charge on any atom is -0.204 e. The van der Waals surface area contributed by atoms with Gasteiger partial charge in [-0.15, -0.1) is 0 Å². The lowest BCUT2D eigenvalue weighted by Crippen LogP contribution is -2.19. The standard InChI is InChI=1S/C18H14Cl2F4/c1-10-3-4-12(7-11(10)2)5-6-14(18(22,23)24)13-8-15(19)17(21)16(20)9-13/h3-9,14H,1-2H3/b6-5+.